The fourth-order valence-corrected chi connectivity index (χ4v) is 2.81. The highest BCUT2D eigenvalue weighted by Gasteiger charge is 2.29. The first kappa shape index (κ1) is 11.3. The molecule has 0 aromatic heterocycles. The van der Waals surface area contributed by atoms with Gasteiger partial charge in [-0.1, -0.05) is 66.7 Å². The third kappa shape index (κ3) is 1.71. The number of fused-ring (bicyclic) bond motifs is 3. The van der Waals surface area contributed by atoms with Crippen molar-refractivity contribution in [3.8, 4) is 16.9 Å². The Morgan fingerprint density at radius 3 is 1.90 bits per heavy atom. The second-order valence-corrected chi connectivity index (χ2v) is 4.90. The van der Waals surface area contributed by atoms with E-state index in [0.29, 0.717) is 0 Å². The van der Waals surface area contributed by atoms with Gasteiger partial charge in [0.15, 0.2) is 6.10 Å². The zero-order valence-electron chi connectivity index (χ0n) is 10.9. The van der Waals surface area contributed by atoms with Gasteiger partial charge in [-0.3, -0.25) is 0 Å². The number of para-hydroxylation sites is 1. The van der Waals surface area contributed by atoms with Gasteiger partial charge in [0.05, 0.1) is 0 Å². The van der Waals surface area contributed by atoms with Crippen LogP contribution >= 0.6 is 0 Å². The van der Waals surface area contributed by atoms with Crippen molar-refractivity contribution >= 4 is 0 Å². The maximum Gasteiger partial charge on any atom is 0.150 e. The Balaban J connectivity index is 1.83. The van der Waals surface area contributed by atoms with E-state index in [4.69, 9.17) is 4.74 Å². The molecule has 3 aromatic rings. The first-order chi connectivity index (χ1) is 9.93. The van der Waals surface area contributed by atoms with E-state index in [1.165, 1.54) is 22.3 Å². The van der Waals surface area contributed by atoms with E-state index in [1.54, 1.807) is 0 Å². The first-order valence-electron chi connectivity index (χ1n) is 6.75. The number of benzene rings is 3. The zero-order valence-corrected chi connectivity index (χ0v) is 10.9. The molecule has 1 radical (unpaired) electrons. The predicted molar refractivity (Wildman–Crippen MR) is 79.6 cm³/mol. The zero-order chi connectivity index (χ0) is 13.4. The molecular formula is C19H13O. The minimum atomic E-state index is -0.0407. The summed E-state index contributed by atoms with van der Waals surface area (Å²) in [7, 11) is 0. The summed E-state index contributed by atoms with van der Waals surface area (Å²) in [5, 5.41) is 0. The number of hydrogen-bond donors (Lipinski definition) is 0. The van der Waals surface area contributed by atoms with Crippen molar-refractivity contribution in [2.24, 2.45) is 0 Å². The van der Waals surface area contributed by atoms with Crippen LogP contribution < -0.4 is 4.74 Å². The van der Waals surface area contributed by atoms with Crippen molar-refractivity contribution in [3.05, 3.63) is 90.0 Å². The molecule has 0 heterocycles. The van der Waals surface area contributed by atoms with Crippen molar-refractivity contribution in [1.29, 1.82) is 0 Å². The maximum atomic E-state index is 6.17. The van der Waals surface area contributed by atoms with Crippen molar-refractivity contribution in [2.75, 3.05) is 0 Å². The third-order valence-corrected chi connectivity index (χ3v) is 3.70. The van der Waals surface area contributed by atoms with Gasteiger partial charge in [-0.15, -0.1) is 0 Å². The molecule has 0 atom stereocenters. The minimum absolute atomic E-state index is 0.0407. The van der Waals surface area contributed by atoms with Crippen LogP contribution in [0.1, 0.15) is 17.2 Å². The molecule has 0 fully saturated rings. The van der Waals surface area contributed by atoms with Crippen LogP contribution in [0.3, 0.4) is 0 Å². The Bertz CT molecular complexity index is 701. The van der Waals surface area contributed by atoms with Gasteiger partial charge in [0.1, 0.15) is 5.75 Å². The summed E-state index contributed by atoms with van der Waals surface area (Å²) < 4.78 is 6.17. The Morgan fingerprint density at radius 2 is 1.30 bits per heavy atom. The van der Waals surface area contributed by atoms with Crippen LogP contribution in [-0.2, 0) is 0 Å². The van der Waals surface area contributed by atoms with Gasteiger partial charge in [0, 0.05) is 17.2 Å². The molecule has 0 saturated carbocycles. The topological polar surface area (TPSA) is 9.23 Å². The molecule has 0 spiro atoms. The molecule has 0 bridgehead atoms. The second-order valence-electron chi connectivity index (χ2n) is 4.90. The van der Waals surface area contributed by atoms with Gasteiger partial charge < -0.3 is 4.74 Å². The monoisotopic (exact) mass is 257 g/mol. The lowest BCUT2D eigenvalue weighted by molar-refractivity contribution is 0.251. The average Bonchev–Trinajstić information content (AvgIpc) is 2.84. The molecule has 1 aliphatic rings. The predicted octanol–water partition coefficient (Wildman–Crippen LogP) is 4.64. The first-order valence-corrected chi connectivity index (χ1v) is 6.75. The van der Waals surface area contributed by atoms with E-state index < -0.39 is 0 Å². The molecule has 0 saturated heterocycles. The number of rotatable bonds is 2. The highest BCUT2D eigenvalue weighted by molar-refractivity contribution is 5.78. The van der Waals surface area contributed by atoms with Crippen LogP contribution in [-0.4, -0.2) is 0 Å². The summed E-state index contributed by atoms with van der Waals surface area (Å²) in [6, 6.07) is 27.8. The third-order valence-electron chi connectivity index (χ3n) is 3.70. The van der Waals surface area contributed by atoms with E-state index in [0.717, 1.165) is 5.75 Å². The van der Waals surface area contributed by atoms with E-state index in [1.807, 2.05) is 24.3 Å². The quantitative estimate of drug-likeness (QED) is 0.650. The van der Waals surface area contributed by atoms with Crippen molar-refractivity contribution in [3.63, 3.8) is 0 Å². The minimum Gasteiger partial charge on any atom is -0.480 e. The Labute approximate surface area is 118 Å². The normalized spacial score (nSPS) is 12.8. The van der Waals surface area contributed by atoms with Gasteiger partial charge in [0.25, 0.3) is 0 Å². The molecule has 0 N–H and O–H groups in total. The van der Waals surface area contributed by atoms with Crippen LogP contribution in [0.25, 0.3) is 11.1 Å². The summed E-state index contributed by atoms with van der Waals surface area (Å²) in [6.45, 7) is 0. The second kappa shape index (κ2) is 4.53. The van der Waals surface area contributed by atoms with Crippen molar-refractivity contribution in [1.82, 2.24) is 0 Å². The lowest BCUT2D eigenvalue weighted by Crippen LogP contribution is -2.05. The van der Waals surface area contributed by atoms with Crippen molar-refractivity contribution in [2.45, 2.75) is 6.10 Å². The molecule has 0 unspecified atom stereocenters. The largest absolute Gasteiger partial charge is 0.480 e. The van der Waals surface area contributed by atoms with Gasteiger partial charge >= 0.3 is 0 Å². The van der Waals surface area contributed by atoms with E-state index in [9.17, 15) is 0 Å². The smallest absolute Gasteiger partial charge is 0.150 e. The summed E-state index contributed by atoms with van der Waals surface area (Å²) in [5.41, 5.74) is 4.99. The summed E-state index contributed by atoms with van der Waals surface area (Å²) >= 11 is 0. The fourth-order valence-electron chi connectivity index (χ4n) is 2.81. The molecule has 95 valence electrons. The molecule has 0 amide bonds. The fraction of sp³-hybridized carbons (Fsp3) is 0.0526. The van der Waals surface area contributed by atoms with E-state index in [2.05, 4.69) is 54.6 Å². The van der Waals surface area contributed by atoms with Crippen LogP contribution in [0.5, 0.6) is 5.75 Å². The molecule has 4 rings (SSSR count). The van der Waals surface area contributed by atoms with Gasteiger partial charge in [0.2, 0.25) is 0 Å². The maximum absolute atomic E-state index is 6.17. The van der Waals surface area contributed by atoms with Crippen LogP contribution in [0.4, 0.5) is 0 Å². The van der Waals surface area contributed by atoms with Crippen LogP contribution in [0.2, 0.25) is 0 Å². The highest BCUT2D eigenvalue weighted by Crippen LogP contribution is 2.45. The molecule has 1 nitrogen and oxygen atoms in total. The molecule has 3 aromatic carbocycles. The standard InChI is InChI=1S/C19H13O/c1-2-8-14(9-3-1)20-19-17-12-6-4-10-15(17)16-11-5-7-13-18(16)19/h1-8,10-13,19H. The van der Waals surface area contributed by atoms with Crippen LogP contribution in [0.15, 0.2) is 72.8 Å². The molecule has 1 aliphatic carbocycles. The van der Waals surface area contributed by atoms with Gasteiger partial charge in [-0.2, -0.15) is 0 Å². The Morgan fingerprint density at radius 1 is 0.700 bits per heavy atom. The van der Waals surface area contributed by atoms with E-state index >= 15 is 0 Å². The molecular weight excluding hydrogens is 244 g/mol. The average molecular weight is 257 g/mol. The Kier molecular flexibility index (Phi) is 2.56. The summed E-state index contributed by atoms with van der Waals surface area (Å²) in [6.07, 6.45) is -0.0407. The molecule has 20 heavy (non-hydrogen) atoms. The van der Waals surface area contributed by atoms with Crippen LogP contribution in [0, 0.1) is 6.07 Å². The number of ether oxygens (including phenoxy) is 1. The van der Waals surface area contributed by atoms with Crippen molar-refractivity contribution < 1.29 is 4.74 Å². The summed E-state index contributed by atoms with van der Waals surface area (Å²) in [5.74, 6) is 0.781. The molecule has 0 aliphatic heterocycles. The van der Waals surface area contributed by atoms with Gasteiger partial charge in [-0.25, -0.2) is 0 Å². The Hall–Kier alpha value is -2.54. The molecule has 1 heteroatoms. The highest BCUT2D eigenvalue weighted by atomic mass is 16.5. The SMILES string of the molecule is [c]1ccccc1OC1c2ccccc2-c2ccccc21. The number of hydrogen-bond acceptors (Lipinski definition) is 1. The lowest BCUT2D eigenvalue weighted by Gasteiger charge is -2.16. The van der Waals surface area contributed by atoms with Gasteiger partial charge in [-0.05, 0) is 17.2 Å². The van der Waals surface area contributed by atoms with E-state index in [-0.39, 0.29) is 6.10 Å². The summed E-state index contributed by atoms with van der Waals surface area (Å²) in [4.78, 5) is 0. The lowest BCUT2D eigenvalue weighted by atomic mass is 10.1.